The van der Waals surface area contributed by atoms with Crippen LogP contribution in [0.3, 0.4) is 0 Å². The van der Waals surface area contributed by atoms with Gasteiger partial charge in [-0.1, -0.05) is 23.4 Å². The first kappa shape index (κ1) is 15.3. The highest BCUT2D eigenvalue weighted by Gasteiger charge is 2.47. The summed E-state index contributed by atoms with van der Waals surface area (Å²) in [5.74, 6) is 1.22. The number of carbonyl (C=O) groups excluding carboxylic acids is 1. The van der Waals surface area contributed by atoms with Crippen LogP contribution in [0.1, 0.15) is 48.4 Å². The summed E-state index contributed by atoms with van der Waals surface area (Å²) in [6.45, 7) is 3.15. The highest BCUT2D eigenvalue weighted by atomic mass is 19.1. The molecule has 1 saturated carbocycles. The van der Waals surface area contributed by atoms with Gasteiger partial charge in [0, 0.05) is 31.8 Å². The van der Waals surface area contributed by atoms with E-state index >= 15 is 0 Å². The molecule has 24 heavy (non-hydrogen) atoms. The second kappa shape index (κ2) is 6.00. The number of benzene rings is 1. The molecule has 2 aromatic rings. The van der Waals surface area contributed by atoms with E-state index in [4.69, 9.17) is 4.52 Å². The number of nitrogens with zero attached hydrogens (tertiary/aromatic N) is 3. The monoisotopic (exact) mass is 329 g/mol. The average Bonchev–Trinajstić information content (AvgIpc) is 3.27. The number of piperidine rings is 1. The molecule has 1 aromatic heterocycles. The van der Waals surface area contributed by atoms with Crippen LogP contribution < -0.4 is 0 Å². The molecular weight excluding hydrogens is 309 g/mol. The molecule has 2 heterocycles. The molecule has 1 amide bonds. The second-order valence-corrected chi connectivity index (χ2v) is 6.77. The standard InChI is InChI=1S/C18H20FN3O2/c1-11-20-17(21-24-11)12-5-4-8-22(10-12)18(23)15-9-14(15)13-6-2-3-7-16(13)19/h2-3,6-7,12,14-15H,4-5,8-10H2,1H3/t12-,14+,15+/m1/s1. The van der Waals surface area contributed by atoms with Crippen molar-refractivity contribution in [2.24, 2.45) is 5.92 Å². The van der Waals surface area contributed by atoms with Gasteiger partial charge >= 0.3 is 0 Å². The summed E-state index contributed by atoms with van der Waals surface area (Å²) in [6, 6.07) is 6.76. The van der Waals surface area contributed by atoms with E-state index in [1.165, 1.54) is 6.07 Å². The summed E-state index contributed by atoms with van der Waals surface area (Å²) >= 11 is 0. The zero-order valence-electron chi connectivity index (χ0n) is 13.6. The van der Waals surface area contributed by atoms with Crippen molar-refractivity contribution in [2.75, 3.05) is 13.1 Å². The number of halogens is 1. The molecule has 0 unspecified atom stereocenters. The lowest BCUT2D eigenvalue weighted by atomic mass is 9.96. The number of hydrogen-bond acceptors (Lipinski definition) is 4. The van der Waals surface area contributed by atoms with E-state index in [9.17, 15) is 9.18 Å². The molecule has 0 radical (unpaired) electrons. The van der Waals surface area contributed by atoms with E-state index in [1.807, 2.05) is 11.0 Å². The van der Waals surface area contributed by atoms with Gasteiger partial charge in [0.15, 0.2) is 5.82 Å². The Morgan fingerprint density at radius 2 is 2.21 bits per heavy atom. The number of hydrogen-bond donors (Lipinski definition) is 0. The summed E-state index contributed by atoms with van der Waals surface area (Å²) in [7, 11) is 0. The molecule has 5 nitrogen and oxygen atoms in total. The lowest BCUT2D eigenvalue weighted by molar-refractivity contribution is -0.133. The number of rotatable bonds is 3. The Kier molecular flexibility index (Phi) is 3.82. The largest absolute Gasteiger partial charge is 0.342 e. The number of amides is 1. The first-order chi connectivity index (χ1) is 11.6. The van der Waals surface area contributed by atoms with Gasteiger partial charge in [-0.2, -0.15) is 4.98 Å². The van der Waals surface area contributed by atoms with E-state index in [0.717, 1.165) is 25.8 Å². The molecule has 1 saturated heterocycles. The number of carbonyl (C=O) groups is 1. The third kappa shape index (κ3) is 2.81. The van der Waals surface area contributed by atoms with E-state index in [0.29, 0.717) is 23.8 Å². The summed E-state index contributed by atoms with van der Waals surface area (Å²) in [6.07, 6.45) is 2.63. The van der Waals surface area contributed by atoms with Crippen LogP contribution in [0.4, 0.5) is 4.39 Å². The molecule has 0 N–H and O–H groups in total. The van der Waals surface area contributed by atoms with Gasteiger partial charge in [0.1, 0.15) is 5.82 Å². The minimum absolute atomic E-state index is 0.0199. The van der Waals surface area contributed by atoms with E-state index in [2.05, 4.69) is 10.1 Å². The van der Waals surface area contributed by atoms with Crippen molar-refractivity contribution in [3.63, 3.8) is 0 Å². The highest BCUT2D eigenvalue weighted by Crippen LogP contribution is 2.49. The van der Waals surface area contributed by atoms with E-state index in [1.54, 1.807) is 19.1 Å². The molecule has 3 atom stereocenters. The van der Waals surface area contributed by atoms with Crippen LogP contribution in [0.25, 0.3) is 0 Å². The molecule has 6 heteroatoms. The van der Waals surface area contributed by atoms with Crippen molar-refractivity contribution in [1.82, 2.24) is 15.0 Å². The minimum atomic E-state index is -0.211. The maximum absolute atomic E-state index is 13.9. The van der Waals surface area contributed by atoms with Gasteiger partial charge in [-0.15, -0.1) is 0 Å². The van der Waals surface area contributed by atoms with Gasteiger partial charge < -0.3 is 9.42 Å². The topological polar surface area (TPSA) is 59.2 Å². The SMILES string of the molecule is Cc1nc([C@@H]2CCCN(C(=O)[C@H]3C[C@H]3c3ccccc3F)C2)no1. The van der Waals surface area contributed by atoms with Gasteiger partial charge in [-0.25, -0.2) is 4.39 Å². The summed E-state index contributed by atoms with van der Waals surface area (Å²) in [4.78, 5) is 19.0. The van der Waals surface area contributed by atoms with Crippen molar-refractivity contribution in [3.8, 4) is 0 Å². The Labute approximate surface area is 139 Å². The van der Waals surface area contributed by atoms with Crippen molar-refractivity contribution >= 4 is 5.91 Å². The van der Waals surface area contributed by atoms with Crippen LogP contribution in [0.5, 0.6) is 0 Å². The number of aryl methyl sites for hydroxylation is 1. The van der Waals surface area contributed by atoms with Gasteiger partial charge in [0.2, 0.25) is 11.8 Å². The molecule has 1 aliphatic carbocycles. The predicted octanol–water partition coefficient (Wildman–Crippen LogP) is 3.03. The first-order valence-electron chi connectivity index (χ1n) is 8.47. The summed E-state index contributed by atoms with van der Waals surface area (Å²) < 4.78 is 18.9. The van der Waals surface area contributed by atoms with Gasteiger partial charge in [0.25, 0.3) is 0 Å². The van der Waals surface area contributed by atoms with Crippen LogP contribution in [-0.4, -0.2) is 34.0 Å². The van der Waals surface area contributed by atoms with Crippen LogP contribution in [0, 0.1) is 18.7 Å². The zero-order chi connectivity index (χ0) is 16.7. The maximum atomic E-state index is 13.9. The maximum Gasteiger partial charge on any atom is 0.226 e. The Bertz CT molecular complexity index is 760. The molecule has 2 aliphatic rings. The fourth-order valence-corrected chi connectivity index (χ4v) is 3.69. The molecule has 1 aromatic carbocycles. The van der Waals surface area contributed by atoms with Crippen LogP contribution in [0.15, 0.2) is 28.8 Å². The van der Waals surface area contributed by atoms with Crippen molar-refractivity contribution in [1.29, 1.82) is 0 Å². The van der Waals surface area contributed by atoms with Crippen molar-refractivity contribution in [2.45, 2.75) is 38.0 Å². The number of likely N-dealkylation sites (tertiary alicyclic amines) is 1. The lowest BCUT2D eigenvalue weighted by Gasteiger charge is -2.31. The van der Waals surface area contributed by atoms with Gasteiger partial charge in [-0.05, 0) is 36.8 Å². The average molecular weight is 329 g/mol. The van der Waals surface area contributed by atoms with Gasteiger partial charge in [0.05, 0.1) is 0 Å². The van der Waals surface area contributed by atoms with Crippen molar-refractivity contribution in [3.05, 3.63) is 47.4 Å². The fraction of sp³-hybridized carbons (Fsp3) is 0.500. The number of aromatic nitrogens is 2. The molecule has 0 bridgehead atoms. The Morgan fingerprint density at radius 3 is 2.96 bits per heavy atom. The summed E-state index contributed by atoms with van der Waals surface area (Å²) in [5.41, 5.74) is 0.665. The quantitative estimate of drug-likeness (QED) is 0.868. The lowest BCUT2D eigenvalue weighted by Crippen LogP contribution is -2.40. The smallest absolute Gasteiger partial charge is 0.226 e. The van der Waals surface area contributed by atoms with Crippen LogP contribution >= 0.6 is 0 Å². The van der Waals surface area contributed by atoms with E-state index < -0.39 is 0 Å². The van der Waals surface area contributed by atoms with Crippen LogP contribution in [0.2, 0.25) is 0 Å². The third-order valence-electron chi connectivity index (χ3n) is 5.05. The molecule has 4 rings (SSSR count). The van der Waals surface area contributed by atoms with E-state index in [-0.39, 0.29) is 29.5 Å². The van der Waals surface area contributed by atoms with Crippen molar-refractivity contribution < 1.29 is 13.7 Å². The van der Waals surface area contributed by atoms with Gasteiger partial charge in [-0.3, -0.25) is 4.79 Å². The predicted molar refractivity (Wildman–Crippen MR) is 84.8 cm³/mol. The highest BCUT2D eigenvalue weighted by molar-refractivity contribution is 5.83. The Hall–Kier alpha value is -2.24. The Balaban J connectivity index is 1.43. The fourth-order valence-electron chi connectivity index (χ4n) is 3.69. The summed E-state index contributed by atoms with van der Waals surface area (Å²) in [5, 5.41) is 3.99. The molecule has 1 aliphatic heterocycles. The second-order valence-electron chi connectivity index (χ2n) is 6.77. The normalized spacial score (nSPS) is 26.4. The third-order valence-corrected chi connectivity index (χ3v) is 5.05. The molecule has 0 spiro atoms. The molecular formula is C18H20FN3O2. The molecule has 126 valence electrons. The zero-order valence-corrected chi connectivity index (χ0v) is 13.6. The Morgan fingerprint density at radius 1 is 1.38 bits per heavy atom. The first-order valence-corrected chi connectivity index (χ1v) is 8.47. The minimum Gasteiger partial charge on any atom is -0.342 e. The van der Waals surface area contributed by atoms with Crippen LogP contribution in [-0.2, 0) is 4.79 Å². The molecule has 2 fully saturated rings.